The molecule has 1 rings (SSSR count). The van der Waals surface area contributed by atoms with Gasteiger partial charge in [0, 0.05) is 18.9 Å². The Morgan fingerprint density at radius 2 is 1.71 bits per heavy atom. The number of methoxy groups -OCH3 is 2. The van der Waals surface area contributed by atoms with Gasteiger partial charge in [0.15, 0.2) is 0 Å². The van der Waals surface area contributed by atoms with Gasteiger partial charge in [-0.2, -0.15) is 0 Å². The summed E-state index contributed by atoms with van der Waals surface area (Å²) in [4.78, 5) is 36.1. The molecule has 0 saturated carbocycles. The monoisotopic (exact) mass is 434 g/mol. The van der Waals surface area contributed by atoms with E-state index in [1.807, 2.05) is 32.9 Å². The maximum atomic E-state index is 12.3. The highest BCUT2D eigenvalue weighted by Gasteiger charge is 2.22. The van der Waals surface area contributed by atoms with Crippen molar-refractivity contribution < 1.29 is 33.7 Å². The van der Waals surface area contributed by atoms with Crippen LogP contribution >= 0.6 is 0 Å². The highest BCUT2D eigenvalue weighted by Crippen LogP contribution is 2.24. The van der Waals surface area contributed by atoms with E-state index >= 15 is 0 Å². The predicted molar refractivity (Wildman–Crippen MR) is 117 cm³/mol. The second-order valence-corrected chi connectivity index (χ2v) is 7.85. The molecule has 0 spiro atoms. The molecule has 0 heterocycles. The van der Waals surface area contributed by atoms with E-state index in [4.69, 9.17) is 14.2 Å². The molecule has 0 amide bonds. The number of hydrogen-bond donors (Lipinski definition) is 1. The van der Waals surface area contributed by atoms with E-state index in [0.717, 1.165) is 11.1 Å². The summed E-state index contributed by atoms with van der Waals surface area (Å²) in [5, 5.41) is 10.7. The van der Waals surface area contributed by atoms with Crippen molar-refractivity contribution in [2.75, 3.05) is 14.2 Å². The summed E-state index contributed by atoms with van der Waals surface area (Å²) < 4.78 is 15.1. The van der Waals surface area contributed by atoms with Crippen LogP contribution in [0.25, 0.3) is 0 Å². The molecule has 1 N–H and O–H groups in total. The fourth-order valence-corrected chi connectivity index (χ4v) is 3.28. The lowest BCUT2D eigenvalue weighted by molar-refractivity contribution is -0.144. The van der Waals surface area contributed by atoms with Crippen molar-refractivity contribution in [2.45, 2.75) is 65.6 Å². The van der Waals surface area contributed by atoms with E-state index in [-0.39, 0.29) is 24.3 Å². The number of carbonyl (C=O) groups is 3. The van der Waals surface area contributed by atoms with Gasteiger partial charge in [-0.3, -0.25) is 4.79 Å². The Balaban J connectivity index is 3.50. The summed E-state index contributed by atoms with van der Waals surface area (Å²) in [5.74, 6) is -1.45. The smallest absolute Gasteiger partial charge is 0.336 e. The molecule has 172 valence electrons. The van der Waals surface area contributed by atoms with Crippen LogP contribution in [0.1, 0.15) is 53.4 Å². The first-order valence-corrected chi connectivity index (χ1v) is 10.4. The number of aliphatic hydroxyl groups excluding tert-OH is 1. The highest BCUT2D eigenvalue weighted by atomic mass is 16.5. The maximum Gasteiger partial charge on any atom is 0.336 e. The normalized spacial score (nSPS) is 21.0. The van der Waals surface area contributed by atoms with Crippen LogP contribution in [0.2, 0.25) is 0 Å². The molecule has 2 atom stereocenters. The Morgan fingerprint density at radius 1 is 1.06 bits per heavy atom. The Morgan fingerprint density at radius 3 is 2.26 bits per heavy atom. The lowest BCUT2D eigenvalue weighted by Crippen LogP contribution is -2.21. The van der Waals surface area contributed by atoms with Crippen molar-refractivity contribution in [2.24, 2.45) is 5.92 Å². The van der Waals surface area contributed by atoms with Crippen LogP contribution in [0.5, 0.6) is 0 Å². The zero-order chi connectivity index (χ0) is 23.6. The van der Waals surface area contributed by atoms with Crippen LogP contribution in [0, 0.1) is 5.92 Å². The summed E-state index contributed by atoms with van der Waals surface area (Å²) in [5.41, 5.74) is 2.37. The number of carbonyl (C=O) groups excluding carboxylic acids is 3. The fraction of sp³-hybridized carbons (Fsp3) is 0.542. The molecule has 2 unspecified atom stereocenters. The Bertz CT molecular complexity index is 784. The SMILES string of the molecule is COC(=O)C1=CC(OC(C)=O)CC(C)=CC=C(C(C)C)CC(O)C(C(=O)OC)=CCC1. The molecule has 0 saturated heterocycles. The van der Waals surface area contributed by atoms with E-state index < -0.39 is 30.1 Å². The zero-order valence-electron chi connectivity index (χ0n) is 19.3. The van der Waals surface area contributed by atoms with Gasteiger partial charge in [-0.25, -0.2) is 9.59 Å². The van der Waals surface area contributed by atoms with Gasteiger partial charge in [0.05, 0.1) is 25.9 Å². The molecule has 0 radical (unpaired) electrons. The second-order valence-electron chi connectivity index (χ2n) is 7.85. The molecule has 0 aromatic heterocycles. The van der Waals surface area contributed by atoms with Crippen LogP contribution < -0.4 is 0 Å². The number of ether oxygens (including phenoxy) is 3. The molecular weight excluding hydrogens is 400 g/mol. The topological polar surface area (TPSA) is 99.1 Å². The molecule has 0 aromatic carbocycles. The highest BCUT2D eigenvalue weighted by molar-refractivity contribution is 5.90. The van der Waals surface area contributed by atoms with Crippen molar-refractivity contribution in [1.82, 2.24) is 0 Å². The lowest BCUT2D eigenvalue weighted by Gasteiger charge is -2.19. The minimum Gasteiger partial charge on any atom is -0.466 e. The third-order valence-corrected chi connectivity index (χ3v) is 4.99. The van der Waals surface area contributed by atoms with E-state index in [0.29, 0.717) is 18.4 Å². The molecule has 31 heavy (non-hydrogen) atoms. The summed E-state index contributed by atoms with van der Waals surface area (Å²) in [6.07, 6.45) is 6.55. The summed E-state index contributed by atoms with van der Waals surface area (Å²) in [6.45, 7) is 7.25. The maximum absolute atomic E-state index is 12.3. The van der Waals surface area contributed by atoms with Gasteiger partial charge in [-0.15, -0.1) is 0 Å². The average Bonchev–Trinajstić information content (AvgIpc) is 2.70. The predicted octanol–water partition coefficient (Wildman–Crippen LogP) is 3.58. The zero-order valence-corrected chi connectivity index (χ0v) is 19.3. The minimum atomic E-state index is -1.03. The van der Waals surface area contributed by atoms with Crippen LogP contribution in [0.4, 0.5) is 0 Å². The van der Waals surface area contributed by atoms with E-state index in [1.165, 1.54) is 21.1 Å². The van der Waals surface area contributed by atoms with Crippen LogP contribution in [-0.4, -0.2) is 49.4 Å². The van der Waals surface area contributed by atoms with E-state index in [1.54, 1.807) is 12.2 Å². The van der Waals surface area contributed by atoms with Gasteiger partial charge in [0.1, 0.15) is 6.10 Å². The number of rotatable bonds is 4. The standard InChI is InChI=1S/C24H34O7/c1-15(2)18-11-10-16(3)12-20(31-17(4)25)13-19(23(27)29-5)8-7-9-21(22(26)14-18)24(28)30-6/h9-11,13,15,20,22,26H,7-8,12,14H2,1-6H3. The van der Waals surface area contributed by atoms with Crippen LogP contribution in [0.15, 0.2) is 46.6 Å². The fourth-order valence-electron chi connectivity index (χ4n) is 3.28. The van der Waals surface area contributed by atoms with Gasteiger partial charge in [-0.1, -0.05) is 43.2 Å². The number of esters is 3. The number of allylic oxidation sites excluding steroid dienone is 3. The summed E-state index contributed by atoms with van der Waals surface area (Å²) in [7, 11) is 2.54. The van der Waals surface area contributed by atoms with E-state index in [2.05, 4.69) is 0 Å². The van der Waals surface area contributed by atoms with Gasteiger partial charge in [0.25, 0.3) is 0 Å². The Kier molecular flexibility index (Phi) is 11.0. The first-order valence-electron chi connectivity index (χ1n) is 10.4. The van der Waals surface area contributed by atoms with Crippen molar-refractivity contribution >= 4 is 17.9 Å². The van der Waals surface area contributed by atoms with Crippen molar-refractivity contribution in [3.8, 4) is 0 Å². The average molecular weight is 435 g/mol. The molecule has 0 fully saturated rings. The third-order valence-electron chi connectivity index (χ3n) is 4.99. The molecular formula is C24H34O7. The van der Waals surface area contributed by atoms with Gasteiger partial charge >= 0.3 is 17.9 Å². The van der Waals surface area contributed by atoms with Gasteiger partial charge in [-0.05, 0) is 38.2 Å². The quantitative estimate of drug-likeness (QED) is 0.533. The van der Waals surface area contributed by atoms with Crippen molar-refractivity contribution in [3.05, 3.63) is 46.6 Å². The molecule has 0 bridgehead atoms. The molecule has 0 aliphatic heterocycles. The summed E-state index contributed by atoms with van der Waals surface area (Å²) in [6, 6.07) is 0. The molecule has 1 aliphatic carbocycles. The third kappa shape index (κ3) is 8.92. The first kappa shape index (κ1) is 26.4. The Labute approximate surface area is 184 Å². The number of aliphatic hydroxyl groups is 1. The van der Waals surface area contributed by atoms with Gasteiger partial charge < -0.3 is 19.3 Å². The largest absolute Gasteiger partial charge is 0.466 e. The van der Waals surface area contributed by atoms with Crippen LogP contribution in [0.3, 0.4) is 0 Å². The van der Waals surface area contributed by atoms with Gasteiger partial charge in [0.2, 0.25) is 0 Å². The first-order chi connectivity index (χ1) is 14.6. The summed E-state index contributed by atoms with van der Waals surface area (Å²) >= 11 is 0. The lowest BCUT2D eigenvalue weighted by atomic mass is 9.92. The van der Waals surface area contributed by atoms with Crippen molar-refractivity contribution in [3.63, 3.8) is 0 Å². The second kappa shape index (κ2) is 12.9. The number of hydrogen-bond acceptors (Lipinski definition) is 7. The molecule has 7 heteroatoms. The Hall–Kier alpha value is -2.67. The minimum absolute atomic E-state index is 0.146. The molecule has 7 nitrogen and oxygen atoms in total. The molecule has 0 aromatic rings. The van der Waals surface area contributed by atoms with Crippen molar-refractivity contribution in [1.29, 1.82) is 0 Å². The van der Waals surface area contributed by atoms with Crippen LogP contribution in [-0.2, 0) is 28.6 Å². The molecule has 1 aliphatic rings. The van der Waals surface area contributed by atoms with E-state index in [9.17, 15) is 19.5 Å².